The Morgan fingerprint density at radius 1 is 0.961 bits per heavy atom. The zero-order valence-electron chi connectivity index (χ0n) is 33.7. The molecule has 4 aliphatic rings. The zero-order chi connectivity index (χ0) is 38.0. The number of nitrogens with one attached hydrogen (secondary N) is 2. The summed E-state index contributed by atoms with van der Waals surface area (Å²) in [5.74, 6) is 2.48. The summed E-state index contributed by atoms with van der Waals surface area (Å²) in [5, 5.41) is 7.05. The topological polar surface area (TPSA) is 91.0 Å². The van der Waals surface area contributed by atoms with Gasteiger partial charge in [-0.2, -0.15) is 0 Å². The van der Waals surface area contributed by atoms with Gasteiger partial charge in [-0.15, -0.1) is 0 Å². The fraction of sp³-hybridized carbons (Fsp3) is 0.786. The summed E-state index contributed by atoms with van der Waals surface area (Å²) in [5.41, 5.74) is 1.44. The van der Waals surface area contributed by atoms with Crippen LogP contribution < -0.4 is 10.6 Å². The Morgan fingerprint density at radius 3 is 2.08 bits per heavy atom. The van der Waals surface area contributed by atoms with Crippen LogP contribution in [0.3, 0.4) is 0 Å². The van der Waals surface area contributed by atoms with Crippen LogP contribution in [0.5, 0.6) is 0 Å². The molecule has 2 N–H and O–H groups in total. The zero-order valence-corrected chi connectivity index (χ0v) is 34.4. The van der Waals surface area contributed by atoms with Crippen molar-refractivity contribution in [3.63, 3.8) is 0 Å². The number of carbonyl (C=O) groups excluding carboxylic acids is 3. The molecule has 1 aliphatic carbocycles. The van der Waals surface area contributed by atoms with E-state index in [9.17, 15) is 14.4 Å². The number of likely N-dealkylation sites (tertiary alicyclic amines) is 1. The van der Waals surface area contributed by atoms with Gasteiger partial charge in [0, 0.05) is 81.8 Å². The maximum atomic E-state index is 11.9. The van der Waals surface area contributed by atoms with Crippen LogP contribution in [0.15, 0.2) is 24.3 Å². The molecule has 294 valence electrons. The number of amides is 2. The molecule has 3 atom stereocenters. The minimum atomic E-state index is 0.115. The third-order valence-corrected chi connectivity index (χ3v) is 10.7. The van der Waals surface area contributed by atoms with Crippen LogP contribution >= 0.6 is 11.6 Å². The van der Waals surface area contributed by atoms with Gasteiger partial charge >= 0.3 is 0 Å². The molecule has 9 heteroatoms. The normalized spacial score (nSPS) is 23.2. The molecule has 0 bridgehead atoms. The van der Waals surface area contributed by atoms with Crippen molar-refractivity contribution in [3.8, 4) is 0 Å². The third-order valence-electron chi connectivity index (χ3n) is 10.4. The van der Waals surface area contributed by atoms with Gasteiger partial charge < -0.3 is 25.1 Å². The second-order valence-corrected chi connectivity index (χ2v) is 15.1. The van der Waals surface area contributed by atoms with Crippen LogP contribution in [0.2, 0.25) is 5.02 Å². The quantitative estimate of drug-likeness (QED) is 0.247. The Kier molecular flexibility index (Phi) is 26.3. The summed E-state index contributed by atoms with van der Waals surface area (Å²) in [6, 6.07) is 9.59. The molecule has 2 amide bonds. The summed E-state index contributed by atoms with van der Waals surface area (Å²) in [6.07, 6.45) is 13.9. The van der Waals surface area contributed by atoms with Crippen molar-refractivity contribution in [2.75, 3.05) is 52.5 Å². The molecule has 3 unspecified atom stereocenters. The van der Waals surface area contributed by atoms with Crippen molar-refractivity contribution in [2.45, 2.75) is 144 Å². The molecule has 4 fully saturated rings. The number of ether oxygens (including phenoxy) is 1. The van der Waals surface area contributed by atoms with Gasteiger partial charge in [0.1, 0.15) is 6.29 Å². The van der Waals surface area contributed by atoms with Gasteiger partial charge in [0.25, 0.3) is 0 Å². The maximum absolute atomic E-state index is 11.9. The Morgan fingerprint density at radius 2 is 1.57 bits per heavy atom. The van der Waals surface area contributed by atoms with Gasteiger partial charge in [0.05, 0.1) is 0 Å². The molecule has 1 saturated carbocycles. The van der Waals surface area contributed by atoms with Crippen molar-refractivity contribution in [1.29, 1.82) is 0 Å². The second-order valence-electron chi connectivity index (χ2n) is 14.7. The minimum absolute atomic E-state index is 0.115. The van der Waals surface area contributed by atoms with Gasteiger partial charge in [-0.3, -0.25) is 14.5 Å². The summed E-state index contributed by atoms with van der Waals surface area (Å²) < 4.78 is 5.44. The molecule has 3 aliphatic heterocycles. The van der Waals surface area contributed by atoms with E-state index in [0.717, 1.165) is 75.5 Å². The number of hydrogen-bond acceptors (Lipinski definition) is 6. The number of aldehydes is 1. The molecular weight excluding hydrogens is 660 g/mol. The van der Waals surface area contributed by atoms with Crippen LogP contribution in [0.4, 0.5) is 0 Å². The van der Waals surface area contributed by atoms with E-state index in [1.807, 2.05) is 44.7 Å². The lowest BCUT2D eigenvalue weighted by Crippen LogP contribution is -2.48. The Bertz CT molecular complexity index is 1040. The number of unbranched alkanes of at least 4 members (excludes halogenated alkanes) is 1. The van der Waals surface area contributed by atoms with Crippen molar-refractivity contribution in [2.24, 2.45) is 17.8 Å². The summed E-state index contributed by atoms with van der Waals surface area (Å²) in [4.78, 5) is 37.0. The predicted octanol–water partition coefficient (Wildman–Crippen LogP) is 8.51. The molecule has 0 spiro atoms. The van der Waals surface area contributed by atoms with Crippen LogP contribution in [0, 0.1) is 17.8 Å². The lowest BCUT2D eigenvalue weighted by atomic mass is 9.87. The highest BCUT2D eigenvalue weighted by atomic mass is 35.5. The second kappa shape index (κ2) is 28.5. The van der Waals surface area contributed by atoms with Crippen LogP contribution in [0.1, 0.15) is 138 Å². The highest BCUT2D eigenvalue weighted by molar-refractivity contribution is 6.30. The maximum Gasteiger partial charge on any atom is 0.225 e. The van der Waals surface area contributed by atoms with E-state index < -0.39 is 0 Å². The van der Waals surface area contributed by atoms with Crippen LogP contribution in [-0.4, -0.2) is 92.5 Å². The molecule has 5 rings (SSSR count). The van der Waals surface area contributed by atoms with E-state index in [1.54, 1.807) is 6.92 Å². The molecule has 3 heterocycles. The number of benzene rings is 1. The van der Waals surface area contributed by atoms with Crippen molar-refractivity contribution >= 4 is 29.7 Å². The van der Waals surface area contributed by atoms with E-state index in [2.05, 4.69) is 48.4 Å². The SMILES string of the molecule is CC.CC(=O)NC1CCC(C)CC1.CCC(C)C=O.CCCCC(C)C(=O)N1CCNCC1.Clc1ccc(C2CCN(C3CCOCC3)C2)cc1. The molecule has 3 saturated heterocycles. The average molecular weight is 736 g/mol. The Hall–Kier alpha value is -2.00. The first kappa shape index (κ1) is 47.0. The minimum Gasteiger partial charge on any atom is -0.381 e. The summed E-state index contributed by atoms with van der Waals surface area (Å²) in [6.45, 7) is 24.0. The average Bonchev–Trinajstić information content (AvgIpc) is 3.67. The van der Waals surface area contributed by atoms with E-state index >= 15 is 0 Å². The first-order valence-electron chi connectivity index (χ1n) is 20.4. The monoisotopic (exact) mass is 735 g/mol. The van der Waals surface area contributed by atoms with E-state index in [1.165, 1.54) is 76.4 Å². The van der Waals surface area contributed by atoms with Gasteiger partial charge in [0.15, 0.2) is 0 Å². The molecule has 0 aromatic heterocycles. The number of hydrogen-bond donors (Lipinski definition) is 2. The van der Waals surface area contributed by atoms with E-state index in [4.69, 9.17) is 16.3 Å². The fourth-order valence-corrected chi connectivity index (χ4v) is 6.92. The van der Waals surface area contributed by atoms with Crippen molar-refractivity contribution < 1.29 is 19.1 Å². The standard InChI is InChI=1S/C15H20ClNO.C11H22N2O.C9H17NO.C5H10O.C2H6/c16-14-3-1-12(2-4-14)13-5-8-17(11-13)15-6-9-18-10-7-15;1-3-4-5-10(2)11(14)13-8-6-12-7-9-13;1-7-3-5-9(6-4-7)10-8(2)11;1-3-5(2)4-6;1-2/h1-4,13,15H,5-11H2;10,12H,3-9H2,1-2H3;7,9H,3-6H2,1-2H3,(H,10,11);4-5H,3H2,1-2H3;1-2H3. The lowest BCUT2D eigenvalue weighted by Gasteiger charge is -2.31. The van der Waals surface area contributed by atoms with Crippen LogP contribution in [-0.2, 0) is 19.1 Å². The number of carbonyl (C=O) groups is 3. The number of piperazine rings is 1. The van der Waals surface area contributed by atoms with Crippen LogP contribution in [0.25, 0.3) is 0 Å². The molecule has 0 radical (unpaired) electrons. The fourth-order valence-electron chi connectivity index (χ4n) is 6.80. The largest absolute Gasteiger partial charge is 0.381 e. The van der Waals surface area contributed by atoms with Gasteiger partial charge in [-0.05, 0) is 93.9 Å². The van der Waals surface area contributed by atoms with E-state index in [0.29, 0.717) is 17.9 Å². The van der Waals surface area contributed by atoms with E-state index in [-0.39, 0.29) is 17.7 Å². The first-order valence-corrected chi connectivity index (χ1v) is 20.7. The Balaban J connectivity index is 0.000000355. The highest BCUT2D eigenvalue weighted by Gasteiger charge is 2.30. The number of halogens is 1. The van der Waals surface area contributed by atoms with Crippen molar-refractivity contribution in [3.05, 3.63) is 34.9 Å². The van der Waals surface area contributed by atoms with Gasteiger partial charge in [-0.25, -0.2) is 0 Å². The predicted molar refractivity (Wildman–Crippen MR) is 214 cm³/mol. The smallest absolute Gasteiger partial charge is 0.225 e. The molecule has 8 nitrogen and oxygen atoms in total. The first-order chi connectivity index (χ1) is 24.6. The van der Waals surface area contributed by atoms with Gasteiger partial charge in [0.2, 0.25) is 11.8 Å². The summed E-state index contributed by atoms with van der Waals surface area (Å²) in [7, 11) is 0. The Labute approximate surface area is 317 Å². The van der Waals surface area contributed by atoms with Crippen molar-refractivity contribution in [1.82, 2.24) is 20.4 Å². The van der Waals surface area contributed by atoms with Gasteiger partial charge in [-0.1, -0.05) is 85.0 Å². The number of rotatable bonds is 9. The molecule has 51 heavy (non-hydrogen) atoms. The summed E-state index contributed by atoms with van der Waals surface area (Å²) >= 11 is 5.94. The molecular formula is C42H75ClN4O4. The molecule has 1 aromatic rings. The highest BCUT2D eigenvalue weighted by Crippen LogP contribution is 2.31. The third kappa shape index (κ3) is 20.1. The number of nitrogens with zero attached hydrogens (tertiary/aromatic N) is 2. The molecule has 1 aromatic carbocycles. The lowest BCUT2D eigenvalue weighted by molar-refractivity contribution is -0.135.